The van der Waals surface area contributed by atoms with Crippen LogP contribution in [0.5, 0.6) is 0 Å². The van der Waals surface area contributed by atoms with Gasteiger partial charge in [-0.1, -0.05) is 23.9 Å². The third kappa shape index (κ3) is 2.98. The van der Waals surface area contributed by atoms with E-state index in [4.69, 9.17) is 0 Å². The Bertz CT molecular complexity index is 1010. The van der Waals surface area contributed by atoms with Crippen molar-refractivity contribution in [2.24, 2.45) is 4.99 Å². The quantitative estimate of drug-likeness (QED) is 0.664. The largest absolute Gasteiger partial charge is 0.325 e. The molecule has 5 nitrogen and oxygen atoms in total. The van der Waals surface area contributed by atoms with E-state index in [0.717, 1.165) is 44.2 Å². The Morgan fingerprint density at radius 1 is 1.27 bits per heavy atom. The number of carbonyl (C=O) groups excluding carboxylic acids is 1. The number of thioether (sulfide) groups is 2. The van der Waals surface area contributed by atoms with Gasteiger partial charge in [-0.05, 0) is 42.1 Å². The number of hydrogen-bond acceptors (Lipinski definition) is 7. The number of anilines is 2. The number of thiazole rings is 1. The number of para-hydroxylation sites is 1. The average Bonchev–Trinajstić information content (AvgIpc) is 3.33. The standard InChI is InChI=1S/C18H14N4OS3/c23-16(10-24-18-21-12-3-1-2-4-14(12)26-18)20-11-5-6-15-13(9-11)22-8-7-19-17(22)25-15/h1-6,9H,7-8,10H2,(H,20,23). The highest BCUT2D eigenvalue weighted by molar-refractivity contribution is 8.14. The minimum atomic E-state index is -0.0184. The molecule has 130 valence electrons. The van der Waals surface area contributed by atoms with Crippen LogP contribution < -0.4 is 10.2 Å². The fourth-order valence-electron chi connectivity index (χ4n) is 2.97. The van der Waals surface area contributed by atoms with E-state index in [0.29, 0.717) is 5.75 Å². The van der Waals surface area contributed by atoms with Crippen LogP contribution in [0.4, 0.5) is 11.4 Å². The van der Waals surface area contributed by atoms with Crippen molar-refractivity contribution >= 4 is 67.5 Å². The molecule has 0 aliphatic carbocycles. The first-order valence-corrected chi connectivity index (χ1v) is 10.8. The predicted octanol–water partition coefficient (Wildman–Crippen LogP) is 4.31. The Hall–Kier alpha value is -2.03. The van der Waals surface area contributed by atoms with E-state index in [2.05, 4.69) is 32.3 Å². The van der Waals surface area contributed by atoms with Crippen LogP contribution >= 0.6 is 34.9 Å². The van der Waals surface area contributed by atoms with Gasteiger partial charge in [0.05, 0.1) is 28.2 Å². The molecule has 0 saturated carbocycles. The van der Waals surface area contributed by atoms with E-state index in [1.807, 2.05) is 30.3 Å². The molecular formula is C18H14N4OS3. The van der Waals surface area contributed by atoms with Crippen LogP contribution in [0.1, 0.15) is 0 Å². The molecule has 2 aromatic carbocycles. The minimum absolute atomic E-state index is 0.0184. The Kier molecular flexibility index (Phi) is 4.11. The first-order valence-electron chi connectivity index (χ1n) is 8.18. The summed E-state index contributed by atoms with van der Waals surface area (Å²) in [5.41, 5.74) is 2.95. The summed E-state index contributed by atoms with van der Waals surface area (Å²) in [5, 5.41) is 4.06. The topological polar surface area (TPSA) is 57.6 Å². The lowest BCUT2D eigenvalue weighted by Gasteiger charge is -2.13. The Morgan fingerprint density at radius 3 is 3.12 bits per heavy atom. The molecule has 2 aliphatic heterocycles. The van der Waals surface area contributed by atoms with Gasteiger partial charge in [0.25, 0.3) is 0 Å². The lowest BCUT2D eigenvalue weighted by molar-refractivity contribution is -0.113. The molecule has 0 saturated heterocycles. The smallest absolute Gasteiger partial charge is 0.234 e. The van der Waals surface area contributed by atoms with Gasteiger partial charge in [0.2, 0.25) is 5.91 Å². The second-order valence-electron chi connectivity index (χ2n) is 5.88. The zero-order chi connectivity index (χ0) is 17.5. The SMILES string of the molecule is O=C(CSc1nc2ccccc2s1)Nc1ccc2c(c1)N1CCN=C1S2. The van der Waals surface area contributed by atoms with Gasteiger partial charge in [-0.25, -0.2) is 4.98 Å². The number of nitrogens with one attached hydrogen (secondary N) is 1. The number of amides is 1. The third-order valence-corrected chi connectivity index (χ3v) is 7.41. The van der Waals surface area contributed by atoms with Crippen molar-refractivity contribution < 1.29 is 4.79 Å². The van der Waals surface area contributed by atoms with Gasteiger partial charge in [0.15, 0.2) is 9.51 Å². The molecule has 5 rings (SSSR count). The maximum Gasteiger partial charge on any atom is 0.234 e. The highest BCUT2D eigenvalue weighted by Crippen LogP contribution is 2.43. The second kappa shape index (κ2) is 6.61. The normalized spacial score (nSPS) is 15.1. The summed E-state index contributed by atoms with van der Waals surface area (Å²) in [7, 11) is 0. The first kappa shape index (κ1) is 16.2. The molecular weight excluding hydrogens is 384 g/mol. The molecule has 0 radical (unpaired) electrons. The molecule has 8 heteroatoms. The van der Waals surface area contributed by atoms with Gasteiger partial charge < -0.3 is 10.2 Å². The summed E-state index contributed by atoms with van der Waals surface area (Å²) >= 11 is 4.79. The zero-order valence-electron chi connectivity index (χ0n) is 13.6. The number of aromatic nitrogens is 1. The highest BCUT2D eigenvalue weighted by Gasteiger charge is 2.29. The first-order chi connectivity index (χ1) is 12.8. The van der Waals surface area contributed by atoms with Crippen molar-refractivity contribution in [1.82, 2.24) is 4.98 Å². The van der Waals surface area contributed by atoms with Gasteiger partial charge in [-0.15, -0.1) is 11.3 Å². The van der Waals surface area contributed by atoms with Gasteiger partial charge in [-0.3, -0.25) is 9.79 Å². The number of benzene rings is 2. The lowest BCUT2D eigenvalue weighted by atomic mass is 10.2. The molecule has 0 atom stereocenters. The fraction of sp³-hybridized carbons (Fsp3) is 0.167. The molecule has 0 fully saturated rings. The summed E-state index contributed by atoms with van der Waals surface area (Å²) in [6, 6.07) is 14.1. The summed E-state index contributed by atoms with van der Waals surface area (Å²) in [5.74, 6) is 0.331. The van der Waals surface area contributed by atoms with Crippen molar-refractivity contribution in [3.05, 3.63) is 42.5 Å². The fourth-order valence-corrected chi connectivity index (χ4v) is 5.90. The van der Waals surface area contributed by atoms with Crippen LogP contribution in [0.3, 0.4) is 0 Å². The van der Waals surface area contributed by atoms with E-state index in [9.17, 15) is 4.79 Å². The van der Waals surface area contributed by atoms with Crippen molar-refractivity contribution in [3.8, 4) is 0 Å². The molecule has 0 bridgehead atoms. The van der Waals surface area contributed by atoms with Crippen LogP contribution in [0.2, 0.25) is 0 Å². The predicted molar refractivity (Wildman–Crippen MR) is 111 cm³/mol. The van der Waals surface area contributed by atoms with E-state index < -0.39 is 0 Å². The van der Waals surface area contributed by atoms with Gasteiger partial charge in [0, 0.05) is 17.1 Å². The number of amidine groups is 1. The number of carbonyl (C=O) groups is 1. The van der Waals surface area contributed by atoms with Crippen LogP contribution in [0, 0.1) is 0 Å². The maximum atomic E-state index is 12.3. The Morgan fingerprint density at radius 2 is 2.19 bits per heavy atom. The van der Waals surface area contributed by atoms with Crippen LogP contribution in [-0.4, -0.2) is 34.9 Å². The molecule has 3 heterocycles. The van der Waals surface area contributed by atoms with Crippen molar-refractivity contribution in [2.45, 2.75) is 9.24 Å². The van der Waals surface area contributed by atoms with Crippen molar-refractivity contribution in [1.29, 1.82) is 0 Å². The second-order valence-corrected chi connectivity index (χ2v) is 9.15. The molecule has 1 amide bonds. The summed E-state index contributed by atoms with van der Waals surface area (Å²) < 4.78 is 2.07. The van der Waals surface area contributed by atoms with E-state index in [1.54, 1.807) is 23.1 Å². The highest BCUT2D eigenvalue weighted by atomic mass is 32.2. The van der Waals surface area contributed by atoms with Crippen LogP contribution in [-0.2, 0) is 4.79 Å². The maximum absolute atomic E-state index is 12.3. The minimum Gasteiger partial charge on any atom is -0.325 e. The Labute approximate surface area is 162 Å². The van der Waals surface area contributed by atoms with Crippen LogP contribution in [0.25, 0.3) is 10.2 Å². The zero-order valence-corrected chi connectivity index (χ0v) is 16.1. The average molecular weight is 399 g/mol. The van der Waals surface area contributed by atoms with Crippen molar-refractivity contribution in [3.63, 3.8) is 0 Å². The summed E-state index contributed by atoms with van der Waals surface area (Å²) in [6.07, 6.45) is 0. The number of rotatable bonds is 4. The van der Waals surface area contributed by atoms with E-state index in [1.165, 1.54) is 16.7 Å². The molecule has 2 aliphatic rings. The van der Waals surface area contributed by atoms with Gasteiger partial charge in [-0.2, -0.15) is 0 Å². The third-order valence-electron chi connectivity index (χ3n) is 4.14. The van der Waals surface area contributed by atoms with Gasteiger partial charge >= 0.3 is 0 Å². The molecule has 0 unspecified atom stereocenters. The number of nitrogens with zero attached hydrogens (tertiary/aromatic N) is 3. The van der Waals surface area contributed by atoms with Crippen molar-refractivity contribution in [2.75, 3.05) is 29.1 Å². The summed E-state index contributed by atoms with van der Waals surface area (Å²) in [4.78, 5) is 24.8. The Balaban J connectivity index is 1.25. The monoisotopic (exact) mass is 398 g/mol. The summed E-state index contributed by atoms with van der Waals surface area (Å²) in [6.45, 7) is 1.76. The van der Waals surface area contributed by atoms with E-state index in [-0.39, 0.29) is 5.91 Å². The molecule has 1 aromatic heterocycles. The molecule has 3 aromatic rings. The van der Waals surface area contributed by atoms with Gasteiger partial charge in [0.1, 0.15) is 0 Å². The van der Waals surface area contributed by atoms with E-state index >= 15 is 0 Å². The molecule has 0 spiro atoms. The number of fused-ring (bicyclic) bond motifs is 4. The van der Waals surface area contributed by atoms with Crippen LogP contribution in [0.15, 0.2) is 56.7 Å². The molecule has 1 N–H and O–H groups in total. The number of hydrogen-bond donors (Lipinski definition) is 1. The lowest BCUT2D eigenvalue weighted by Crippen LogP contribution is -2.21. The molecule has 26 heavy (non-hydrogen) atoms. The number of aliphatic imine (C=N–C) groups is 1.